The van der Waals surface area contributed by atoms with Crippen molar-refractivity contribution in [2.75, 3.05) is 13.1 Å². The zero-order valence-electron chi connectivity index (χ0n) is 22.7. The molecule has 1 aromatic heterocycles. The lowest BCUT2D eigenvalue weighted by Gasteiger charge is -2.31. The van der Waals surface area contributed by atoms with Crippen molar-refractivity contribution < 1.29 is 22.0 Å². The third kappa shape index (κ3) is 6.06. The fourth-order valence-corrected chi connectivity index (χ4v) is 7.48. The van der Waals surface area contributed by atoms with Crippen LogP contribution < -0.4 is 5.32 Å². The van der Waals surface area contributed by atoms with Crippen molar-refractivity contribution in [3.63, 3.8) is 0 Å². The first kappa shape index (κ1) is 27.5. The Morgan fingerprint density at radius 2 is 1.82 bits per heavy atom. The summed E-state index contributed by atoms with van der Waals surface area (Å²) in [5.74, 6) is -1.58. The van der Waals surface area contributed by atoms with Crippen LogP contribution in [0.15, 0.2) is 23.1 Å². The molecule has 0 bridgehead atoms. The maximum atomic E-state index is 13.7. The van der Waals surface area contributed by atoms with Crippen molar-refractivity contribution in [2.45, 2.75) is 107 Å². The summed E-state index contributed by atoms with van der Waals surface area (Å²) >= 11 is 0. The average molecular weight is 551 g/mol. The predicted molar refractivity (Wildman–Crippen MR) is 143 cm³/mol. The SMILES string of the molecule is CC(C)(C)c1nc2cc(S(=O)(=O)N3CCC[C@@H](CC(=O)NC4CC4)C3)ccc2n1CC1CCC(F)(F)CC1. The van der Waals surface area contributed by atoms with Gasteiger partial charge in [-0.2, -0.15) is 4.31 Å². The molecule has 3 fully saturated rings. The highest BCUT2D eigenvalue weighted by molar-refractivity contribution is 7.89. The van der Waals surface area contributed by atoms with E-state index in [9.17, 15) is 22.0 Å². The van der Waals surface area contributed by atoms with Gasteiger partial charge in [-0.15, -0.1) is 0 Å². The second-order valence-electron chi connectivity index (χ2n) is 12.7. The minimum absolute atomic E-state index is 0.00980. The van der Waals surface area contributed by atoms with E-state index < -0.39 is 15.9 Å². The molecule has 3 aliphatic rings. The van der Waals surface area contributed by atoms with E-state index in [1.165, 1.54) is 4.31 Å². The molecule has 2 heterocycles. The predicted octanol–water partition coefficient (Wildman–Crippen LogP) is 5.23. The Kier molecular flexibility index (Phi) is 7.35. The molecule has 0 unspecified atom stereocenters. The van der Waals surface area contributed by atoms with Crippen molar-refractivity contribution in [1.29, 1.82) is 0 Å². The molecular weight excluding hydrogens is 510 g/mol. The van der Waals surface area contributed by atoms with Crippen molar-refractivity contribution in [3.8, 4) is 0 Å². The summed E-state index contributed by atoms with van der Waals surface area (Å²) in [6.45, 7) is 7.56. The fourth-order valence-electron chi connectivity index (χ4n) is 5.91. The smallest absolute Gasteiger partial charge is 0.248 e. The van der Waals surface area contributed by atoms with Crippen LogP contribution >= 0.6 is 0 Å². The summed E-state index contributed by atoms with van der Waals surface area (Å²) in [4.78, 5) is 17.4. The number of carbonyl (C=O) groups excluding carboxylic acids is 1. The van der Waals surface area contributed by atoms with Gasteiger partial charge < -0.3 is 9.88 Å². The first-order valence-corrected chi connectivity index (χ1v) is 15.4. The van der Waals surface area contributed by atoms with E-state index in [0.29, 0.717) is 50.5 Å². The number of imidazole rings is 1. The molecule has 0 spiro atoms. The average Bonchev–Trinajstić information content (AvgIpc) is 3.57. The quantitative estimate of drug-likeness (QED) is 0.512. The number of hydrogen-bond donors (Lipinski definition) is 1. The lowest BCUT2D eigenvalue weighted by molar-refractivity contribution is -0.122. The third-order valence-corrected chi connectivity index (χ3v) is 10.1. The van der Waals surface area contributed by atoms with Crippen LogP contribution in [0.4, 0.5) is 8.78 Å². The van der Waals surface area contributed by atoms with Crippen LogP contribution in [0.1, 0.15) is 84.4 Å². The number of halogens is 2. The molecule has 0 radical (unpaired) electrons. The Labute approximate surface area is 224 Å². The highest BCUT2D eigenvalue weighted by atomic mass is 32.2. The molecule has 38 heavy (non-hydrogen) atoms. The summed E-state index contributed by atoms with van der Waals surface area (Å²) in [5.41, 5.74) is 1.15. The van der Waals surface area contributed by atoms with Gasteiger partial charge in [0.05, 0.1) is 15.9 Å². The number of rotatable bonds is 7. The van der Waals surface area contributed by atoms with E-state index in [2.05, 4.69) is 30.7 Å². The number of alkyl halides is 2. The molecule has 1 atom stereocenters. The first-order valence-electron chi connectivity index (χ1n) is 14.0. The van der Waals surface area contributed by atoms with Gasteiger partial charge in [0.2, 0.25) is 21.9 Å². The first-order chi connectivity index (χ1) is 17.8. The van der Waals surface area contributed by atoms with Crippen LogP contribution in [0, 0.1) is 11.8 Å². The number of fused-ring (bicyclic) bond motifs is 1. The zero-order chi connectivity index (χ0) is 27.3. The lowest BCUT2D eigenvalue weighted by Crippen LogP contribution is -2.41. The topological polar surface area (TPSA) is 84.3 Å². The molecule has 10 heteroatoms. The van der Waals surface area contributed by atoms with Gasteiger partial charge >= 0.3 is 0 Å². The Hall–Kier alpha value is -2.07. The highest BCUT2D eigenvalue weighted by Crippen LogP contribution is 2.38. The molecule has 210 valence electrons. The van der Waals surface area contributed by atoms with E-state index in [0.717, 1.165) is 37.0 Å². The summed E-state index contributed by atoms with van der Waals surface area (Å²) in [5, 5.41) is 3.00. The summed E-state index contributed by atoms with van der Waals surface area (Å²) < 4.78 is 58.3. The van der Waals surface area contributed by atoms with Crippen molar-refractivity contribution in [3.05, 3.63) is 24.0 Å². The molecule has 2 saturated carbocycles. The van der Waals surface area contributed by atoms with Crippen molar-refractivity contribution >= 4 is 27.0 Å². The van der Waals surface area contributed by atoms with Gasteiger partial charge in [0, 0.05) is 50.4 Å². The number of piperidine rings is 1. The van der Waals surface area contributed by atoms with Gasteiger partial charge in [0.1, 0.15) is 5.82 Å². The summed E-state index contributed by atoms with van der Waals surface area (Å²) in [7, 11) is -3.74. The maximum absolute atomic E-state index is 13.7. The number of carbonyl (C=O) groups is 1. The number of nitrogens with one attached hydrogen (secondary N) is 1. The monoisotopic (exact) mass is 550 g/mol. The molecule has 7 nitrogen and oxygen atoms in total. The van der Waals surface area contributed by atoms with E-state index in [-0.39, 0.29) is 40.9 Å². The number of sulfonamides is 1. The Morgan fingerprint density at radius 3 is 2.47 bits per heavy atom. The molecule has 1 amide bonds. The van der Waals surface area contributed by atoms with Gasteiger partial charge in [0.15, 0.2) is 0 Å². The molecule has 5 rings (SSSR count). The minimum Gasteiger partial charge on any atom is -0.353 e. The number of amides is 1. The van der Waals surface area contributed by atoms with Gasteiger partial charge in [-0.25, -0.2) is 22.2 Å². The molecule has 1 saturated heterocycles. The van der Waals surface area contributed by atoms with E-state index in [1.54, 1.807) is 12.1 Å². The normalized spacial score (nSPS) is 23.6. The van der Waals surface area contributed by atoms with E-state index in [1.807, 2.05) is 6.07 Å². The second kappa shape index (κ2) is 10.2. The largest absolute Gasteiger partial charge is 0.353 e. The van der Waals surface area contributed by atoms with Gasteiger partial charge in [0.25, 0.3) is 0 Å². The number of aromatic nitrogens is 2. The fraction of sp³-hybridized carbons (Fsp3) is 0.714. The van der Waals surface area contributed by atoms with Gasteiger partial charge in [-0.1, -0.05) is 20.8 Å². The van der Waals surface area contributed by atoms with Crippen molar-refractivity contribution in [1.82, 2.24) is 19.2 Å². The zero-order valence-corrected chi connectivity index (χ0v) is 23.5. The third-order valence-electron chi connectivity index (χ3n) is 8.20. The minimum atomic E-state index is -3.74. The molecule has 2 aliphatic carbocycles. The van der Waals surface area contributed by atoms with Gasteiger partial charge in [-0.3, -0.25) is 4.79 Å². The number of nitrogens with zero attached hydrogens (tertiary/aromatic N) is 3. The van der Waals surface area contributed by atoms with Crippen LogP contribution in [-0.4, -0.2) is 53.2 Å². The van der Waals surface area contributed by atoms with Gasteiger partial charge in [-0.05, 0) is 68.6 Å². The van der Waals surface area contributed by atoms with E-state index in [4.69, 9.17) is 4.98 Å². The Morgan fingerprint density at radius 1 is 1.11 bits per heavy atom. The van der Waals surface area contributed by atoms with Crippen LogP contribution in [0.5, 0.6) is 0 Å². The highest BCUT2D eigenvalue weighted by Gasteiger charge is 2.36. The maximum Gasteiger partial charge on any atom is 0.248 e. The Balaban J connectivity index is 1.37. The molecular formula is C28H40F2N4O3S. The van der Waals surface area contributed by atoms with Crippen LogP contribution in [0.2, 0.25) is 0 Å². The second-order valence-corrected chi connectivity index (χ2v) is 14.6. The van der Waals surface area contributed by atoms with Crippen LogP contribution in [-0.2, 0) is 26.8 Å². The van der Waals surface area contributed by atoms with Crippen LogP contribution in [0.25, 0.3) is 11.0 Å². The summed E-state index contributed by atoms with van der Waals surface area (Å²) in [6, 6.07) is 5.40. The Bertz CT molecular complexity index is 1290. The molecule has 1 aliphatic heterocycles. The standard InChI is InChI=1S/C28H40F2N4O3S/c1-27(2,3)26-32-23-16-22(8-9-24(23)34(26)18-19-10-12-28(29,30)13-11-19)38(36,37)33-14-4-5-20(17-33)15-25(35)31-21-6-7-21/h8-9,16,19-21H,4-7,10-15,17-18H2,1-3H3,(H,31,35)/t20-/m0/s1. The van der Waals surface area contributed by atoms with Crippen molar-refractivity contribution in [2.24, 2.45) is 11.8 Å². The molecule has 2 aromatic rings. The lowest BCUT2D eigenvalue weighted by atomic mass is 9.86. The molecule has 1 N–H and O–H groups in total. The molecule has 1 aromatic carbocycles. The van der Waals surface area contributed by atoms with Crippen LogP contribution in [0.3, 0.4) is 0 Å². The number of benzene rings is 1. The van der Waals surface area contributed by atoms with E-state index >= 15 is 0 Å². The number of hydrogen-bond acceptors (Lipinski definition) is 4. The summed E-state index contributed by atoms with van der Waals surface area (Å²) in [6.07, 6.45) is 4.75.